The summed E-state index contributed by atoms with van der Waals surface area (Å²) < 4.78 is 0. The van der Waals surface area contributed by atoms with Crippen molar-refractivity contribution in [2.45, 2.75) is 0 Å². The Kier molecular flexibility index (Phi) is 3.07. The quantitative estimate of drug-likeness (QED) is 0.417. The molecule has 40 valence electrons. The molecule has 0 heterocycles. The van der Waals surface area contributed by atoms with E-state index in [4.69, 9.17) is 0 Å². The molecule has 0 unspecified atom stereocenters. The molecule has 0 aromatic rings. The second-order valence-corrected chi connectivity index (χ2v) is 1.99. The minimum absolute atomic E-state index is 1.19. The first-order valence-corrected chi connectivity index (χ1v) is 2.80. The van der Waals surface area contributed by atoms with Gasteiger partial charge >= 0.3 is 41.2 Å². The van der Waals surface area contributed by atoms with Crippen LogP contribution in [-0.2, 0) is 26.7 Å². The fourth-order valence-corrected chi connectivity index (χ4v) is 0.182. The topological polar surface area (TPSA) is 51.2 Å². The molecule has 0 saturated carbocycles. The van der Waals surface area contributed by atoms with Crippen molar-refractivity contribution in [3.05, 3.63) is 0 Å². The van der Waals surface area contributed by atoms with E-state index in [-0.39, 0.29) is 0 Å². The predicted octanol–water partition coefficient (Wildman–Crippen LogP) is -1.46. The molecule has 0 fully saturated rings. The van der Waals surface area contributed by atoms with Gasteiger partial charge in [-0.3, -0.25) is 0 Å². The zero-order valence-corrected chi connectivity index (χ0v) is 4.18. The molecular weight excluding hydrogens is 143 g/mol. The van der Waals surface area contributed by atoms with Crippen LogP contribution in [0.5, 0.6) is 0 Å². The van der Waals surface area contributed by atoms with Crippen LogP contribution >= 0.6 is 0 Å². The third kappa shape index (κ3) is 2.01. The van der Waals surface area contributed by atoms with Gasteiger partial charge in [-0.1, -0.05) is 0 Å². The summed E-state index contributed by atoms with van der Waals surface area (Å²) in [6.45, 7) is 0. The monoisotopic (exact) mass is 144 g/mol. The van der Waals surface area contributed by atoms with E-state index in [0.29, 0.717) is 0 Å². The first-order valence-electron chi connectivity index (χ1n) is 1.14. The molecule has 0 amide bonds. The van der Waals surface area contributed by atoms with Crippen molar-refractivity contribution in [1.29, 1.82) is 0 Å². The van der Waals surface area contributed by atoms with Crippen molar-refractivity contribution >= 4 is 14.5 Å². The number of hydrogen-bond acceptors (Lipinski definition) is 3. The molecule has 0 radical (unpaired) electrons. The SMILES string of the molecule is O=[C]=[CoH](=[C]=O)=[C]=O. The Labute approximate surface area is 42.0 Å². The molecule has 0 spiro atoms. The summed E-state index contributed by atoms with van der Waals surface area (Å²) in [5, 5.41) is 0. The van der Waals surface area contributed by atoms with Gasteiger partial charge in [-0.15, -0.1) is 0 Å². The van der Waals surface area contributed by atoms with Crippen molar-refractivity contribution in [3.63, 3.8) is 0 Å². The maximum absolute atomic E-state index is 9.35. The van der Waals surface area contributed by atoms with E-state index in [0.717, 1.165) is 0 Å². The molecule has 0 aliphatic carbocycles. The van der Waals surface area contributed by atoms with Crippen molar-refractivity contribution in [1.82, 2.24) is 0 Å². The molecule has 0 N–H and O–H groups in total. The molecule has 0 rings (SSSR count). The Morgan fingerprint density at radius 3 is 1.14 bits per heavy atom. The second kappa shape index (κ2) is 3.44. The summed E-state index contributed by atoms with van der Waals surface area (Å²) >= 11 is -2.12. The van der Waals surface area contributed by atoms with Gasteiger partial charge in [-0.05, 0) is 0 Å². The van der Waals surface area contributed by atoms with Gasteiger partial charge in [0.15, 0.2) is 0 Å². The molecule has 3 nitrogen and oxygen atoms in total. The van der Waals surface area contributed by atoms with Gasteiger partial charge in [0.1, 0.15) is 0 Å². The van der Waals surface area contributed by atoms with Gasteiger partial charge in [0.2, 0.25) is 0 Å². The van der Waals surface area contributed by atoms with Crippen molar-refractivity contribution in [2.24, 2.45) is 0 Å². The van der Waals surface area contributed by atoms with Crippen molar-refractivity contribution < 1.29 is 26.7 Å². The van der Waals surface area contributed by atoms with Crippen LogP contribution in [0, 0.1) is 0 Å². The number of rotatable bonds is 0. The summed E-state index contributed by atoms with van der Waals surface area (Å²) in [4.78, 5) is 31.6. The molecule has 0 aliphatic heterocycles. The minimum atomic E-state index is -2.12. The third-order valence-corrected chi connectivity index (χ3v) is 0.893. The fraction of sp³-hybridized carbons (Fsp3) is 0. The van der Waals surface area contributed by atoms with Gasteiger partial charge in [0, 0.05) is 0 Å². The fourth-order valence-electron chi connectivity index (χ4n) is 0.0442. The number of hydrogen-bond donors (Lipinski definition) is 0. The standard InChI is InChI=1S/3CO.Co.H/c3*1-2;;. The first kappa shape index (κ1) is 6.25. The maximum atomic E-state index is 9.35. The molecule has 0 saturated heterocycles. The summed E-state index contributed by atoms with van der Waals surface area (Å²) in [5.41, 5.74) is 0. The van der Waals surface area contributed by atoms with Crippen LogP contribution in [0.1, 0.15) is 0 Å². The predicted molar refractivity (Wildman–Crippen MR) is 18.5 cm³/mol. The summed E-state index contributed by atoms with van der Waals surface area (Å²) in [6.07, 6.45) is 0. The van der Waals surface area contributed by atoms with Crippen LogP contribution < -0.4 is 0 Å². The zero-order chi connectivity index (χ0) is 5.70. The van der Waals surface area contributed by atoms with Gasteiger partial charge in [-0.2, -0.15) is 0 Å². The van der Waals surface area contributed by atoms with E-state index in [1.54, 1.807) is 0 Å². The average Bonchev–Trinajstić information content (AvgIpc) is 1.72. The molecule has 0 aliphatic rings. The molecule has 4 heteroatoms. The van der Waals surface area contributed by atoms with Gasteiger partial charge in [-0.25, -0.2) is 0 Å². The third-order valence-electron chi connectivity index (χ3n) is 0.217. The Hall–Kier alpha value is -0.754. The van der Waals surface area contributed by atoms with Crippen LogP contribution in [0.2, 0.25) is 0 Å². The van der Waals surface area contributed by atoms with Gasteiger partial charge < -0.3 is 0 Å². The Balaban J connectivity index is 5.98. The summed E-state index contributed by atoms with van der Waals surface area (Å²) in [5.74, 6) is 0. The summed E-state index contributed by atoms with van der Waals surface area (Å²) in [6, 6.07) is 0. The van der Waals surface area contributed by atoms with Crippen LogP contribution in [0.25, 0.3) is 0 Å². The van der Waals surface area contributed by atoms with E-state index in [1.165, 1.54) is 14.5 Å². The summed E-state index contributed by atoms with van der Waals surface area (Å²) in [7, 11) is 0. The first-order chi connectivity index (χ1) is 3.35. The molecule has 7 heavy (non-hydrogen) atoms. The van der Waals surface area contributed by atoms with Crippen molar-refractivity contribution in [2.75, 3.05) is 0 Å². The van der Waals surface area contributed by atoms with E-state index >= 15 is 0 Å². The van der Waals surface area contributed by atoms with Crippen LogP contribution in [0.4, 0.5) is 0 Å². The zero-order valence-electron chi connectivity index (χ0n) is 3.08. The Bertz CT molecular complexity index is 209. The second-order valence-electron chi connectivity index (χ2n) is 0.482. The van der Waals surface area contributed by atoms with Crippen LogP contribution in [-0.4, -0.2) is 14.5 Å². The number of carbonyl (C=O) groups excluding carboxylic acids is 3. The van der Waals surface area contributed by atoms with Crippen LogP contribution in [0.3, 0.4) is 0 Å². The normalized spacial score (nSPS) is 7.71. The van der Waals surface area contributed by atoms with E-state index < -0.39 is 12.3 Å². The Morgan fingerprint density at radius 1 is 0.857 bits per heavy atom. The van der Waals surface area contributed by atoms with E-state index in [2.05, 4.69) is 0 Å². The molecule has 0 atom stereocenters. The van der Waals surface area contributed by atoms with Gasteiger partial charge in [0.05, 0.1) is 0 Å². The average molecular weight is 144 g/mol. The molecule has 0 aromatic carbocycles. The Morgan fingerprint density at radius 2 is 1.14 bits per heavy atom. The van der Waals surface area contributed by atoms with E-state index in [9.17, 15) is 14.4 Å². The van der Waals surface area contributed by atoms with Crippen LogP contribution in [0.15, 0.2) is 0 Å². The van der Waals surface area contributed by atoms with Gasteiger partial charge in [0.25, 0.3) is 0 Å². The molecule has 0 aromatic heterocycles. The van der Waals surface area contributed by atoms with Crippen molar-refractivity contribution in [3.8, 4) is 0 Å². The molecule has 0 bridgehead atoms. The van der Waals surface area contributed by atoms with E-state index in [1.807, 2.05) is 0 Å². The molecular formula is C3HCoO3.